The number of hydrogen-bond donors (Lipinski definition) is 0. The highest BCUT2D eigenvalue weighted by Crippen LogP contribution is 2.30. The van der Waals surface area contributed by atoms with Crippen LogP contribution < -0.4 is 9.47 Å². The molecular formula is C17H19FO2. The summed E-state index contributed by atoms with van der Waals surface area (Å²) >= 11 is 0. The fourth-order valence-corrected chi connectivity index (χ4v) is 1.80. The molecule has 0 aliphatic carbocycles. The van der Waals surface area contributed by atoms with Gasteiger partial charge >= 0.3 is 0 Å². The van der Waals surface area contributed by atoms with E-state index >= 15 is 0 Å². The summed E-state index contributed by atoms with van der Waals surface area (Å²) in [5, 5.41) is 0. The second-order valence-corrected chi connectivity index (χ2v) is 4.54. The van der Waals surface area contributed by atoms with E-state index in [1.807, 2.05) is 30.3 Å². The summed E-state index contributed by atoms with van der Waals surface area (Å²) in [6, 6.07) is 14.5. The quantitative estimate of drug-likeness (QED) is 0.688. The summed E-state index contributed by atoms with van der Waals surface area (Å²) in [4.78, 5) is 0. The maximum absolute atomic E-state index is 13.8. The molecule has 0 spiro atoms. The van der Waals surface area contributed by atoms with Crippen LogP contribution in [0, 0.1) is 5.82 Å². The van der Waals surface area contributed by atoms with E-state index < -0.39 is 0 Å². The zero-order valence-corrected chi connectivity index (χ0v) is 11.6. The molecule has 0 fully saturated rings. The molecule has 0 unspecified atom stereocenters. The Labute approximate surface area is 119 Å². The fourth-order valence-electron chi connectivity index (χ4n) is 1.80. The predicted molar refractivity (Wildman–Crippen MR) is 77.6 cm³/mol. The van der Waals surface area contributed by atoms with Crippen LogP contribution in [0.5, 0.6) is 11.5 Å². The Hall–Kier alpha value is -2.03. The van der Waals surface area contributed by atoms with Gasteiger partial charge in [-0.25, -0.2) is 4.39 Å². The van der Waals surface area contributed by atoms with E-state index in [9.17, 15) is 4.39 Å². The van der Waals surface area contributed by atoms with E-state index in [-0.39, 0.29) is 11.6 Å². The molecule has 0 aliphatic heterocycles. The zero-order valence-electron chi connectivity index (χ0n) is 11.6. The second-order valence-electron chi connectivity index (χ2n) is 4.54. The Kier molecular flexibility index (Phi) is 5.42. The monoisotopic (exact) mass is 274 g/mol. The Bertz CT molecular complexity index is 526. The first-order valence-electron chi connectivity index (χ1n) is 6.89. The summed E-state index contributed by atoms with van der Waals surface area (Å²) in [6.45, 7) is 2.96. The molecule has 0 aromatic heterocycles. The van der Waals surface area contributed by atoms with Crippen LogP contribution in [0.2, 0.25) is 0 Å². The van der Waals surface area contributed by atoms with Crippen molar-refractivity contribution in [1.82, 2.24) is 0 Å². The Morgan fingerprint density at radius 3 is 2.50 bits per heavy atom. The Morgan fingerprint density at radius 2 is 1.75 bits per heavy atom. The van der Waals surface area contributed by atoms with Gasteiger partial charge in [-0.3, -0.25) is 0 Å². The lowest BCUT2D eigenvalue weighted by Gasteiger charge is -2.13. The van der Waals surface area contributed by atoms with Crippen LogP contribution in [0.15, 0.2) is 48.5 Å². The van der Waals surface area contributed by atoms with Crippen molar-refractivity contribution >= 4 is 0 Å². The number of halogens is 1. The molecule has 0 N–H and O–H groups in total. The maximum Gasteiger partial charge on any atom is 0.197 e. The van der Waals surface area contributed by atoms with Gasteiger partial charge in [0.1, 0.15) is 6.61 Å². The van der Waals surface area contributed by atoms with Crippen molar-refractivity contribution in [2.45, 2.75) is 26.4 Å². The lowest BCUT2D eigenvalue weighted by molar-refractivity contribution is 0.249. The standard InChI is InChI=1S/C17H19FO2/c1-2-3-12-19-17-15(18)10-7-11-16(17)20-13-14-8-5-4-6-9-14/h4-11H,2-3,12-13H2,1H3. The van der Waals surface area contributed by atoms with Gasteiger partial charge in [0.25, 0.3) is 0 Å². The number of para-hydroxylation sites is 1. The van der Waals surface area contributed by atoms with Gasteiger partial charge in [0, 0.05) is 0 Å². The molecule has 0 saturated heterocycles. The minimum Gasteiger partial charge on any atom is -0.487 e. The third kappa shape index (κ3) is 3.98. The molecule has 3 heteroatoms. The molecule has 20 heavy (non-hydrogen) atoms. The van der Waals surface area contributed by atoms with Crippen LogP contribution in [-0.4, -0.2) is 6.61 Å². The molecule has 0 atom stereocenters. The number of unbranched alkanes of at least 4 members (excludes halogenated alkanes) is 1. The van der Waals surface area contributed by atoms with Gasteiger partial charge in [0.2, 0.25) is 0 Å². The van der Waals surface area contributed by atoms with E-state index in [2.05, 4.69) is 6.92 Å². The largest absolute Gasteiger partial charge is 0.487 e. The maximum atomic E-state index is 13.8. The minimum atomic E-state index is -0.383. The number of rotatable bonds is 7. The molecule has 2 rings (SSSR count). The van der Waals surface area contributed by atoms with Crippen molar-refractivity contribution in [3.05, 3.63) is 59.9 Å². The van der Waals surface area contributed by atoms with Crippen LogP contribution >= 0.6 is 0 Å². The molecule has 2 aromatic carbocycles. The number of hydrogen-bond acceptors (Lipinski definition) is 2. The van der Waals surface area contributed by atoms with Crippen LogP contribution in [0.4, 0.5) is 4.39 Å². The van der Waals surface area contributed by atoms with Crippen molar-refractivity contribution in [2.24, 2.45) is 0 Å². The highest BCUT2D eigenvalue weighted by Gasteiger charge is 2.11. The van der Waals surface area contributed by atoms with Gasteiger partial charge in [-0.05, 0) is 24.1 Å². The van der Waals surface area contributed by atoms with Crippen molar-refractivity contribution in [3.63, 3.8) is 0 Å². The van der Waals surface area contributed by atoms with Crippen molar-refractivity contribution in [3.8, 4) is 11.5 Å². The fraction of sp³-hybridized carbons (Fsp3) is 0.294. The van der Waals surface area contributed by atoms with E-state index in [1.165, 1.54) is 6.07 Å². The smallest absolute Gasteiger partial charge is 0.197 e. The van der Waals surface area contributed by atoms with Crippen LogP contribution in [-0.2, 0) is 6.61 Å². The van der Waals surface area contributed by atoms with Gasteiger partial charge in [-0.1, -0.05) is 49.7 Å². The van der Waals surface area contributed by atoms with E-state index in [0.29, 0.717) is 19.0 Å². The molecule has 2 aromatic rings. The van der Waals surface area contributed by atoms with Crippen LogP contribution in [0.1, 0.15) is 25.3 Å². The molecule has 0 saturated carbocycles. The molecule has 106 valence electrons. The number of ether oxygens (including phenoxy) is 2. The lowest BCUT2D eigenvalue weighted by Crippen LogP contribution is -2.03. The number of benzene rings is 2. The molecule has 2 nitrogen and oxygen atoms in total. The van der Waals surface area contributed by atoms with E-state index in [0.717, 1.165) is 18.4 Å². The van der Waals surface area contributed by atoms with Gasteiger partial charge in [-0.2, -0.15) is 0 Å². The van der Waals surface area contributed by atoms with Crippen LogP contribution in [0.3, 0.4) is 0 Å². The molecule has 0 heterocycles. The first-order chi connectivity index (χ1) is 9.81. The second kappa shape index (κ2) is 7.53. The third-order valence-corrected chi connectivity index (χ3v) is 2.91. The average molecular weight is 274 g/mol. The molecule has 0 radical (unpaired) electrons. The summed E-state index contributed by atoms with van der Waals surface area (Å²) in [5.41, 5.74) is 1.04. The highest BCUT2D eigenvalue weighted by molar-refractivity contribution is 5.41. The first kappa shape index (κ1) is 14.4. The summed E-state index contributed by atoms with van der Waals surface area (Å²) in [5.74, 6) is 0.272. The van der Waals surface area contributed by atoms with E-state index in [1.54, 1.807) is 12.1 Å². The zero-order chi connectivity index (χ0) is 14.2. The molecular weight excluding hydrogens is 255 g/mol. The van der Waals surface area contributed by atoms with E-state index in [4.69, 9.17) is 9.47 Å². The Morgan fingerprint density at radius 1 is 0.950 bits per heavy atom. The summed E-state index contributed by atoms with van der Waals surface area (Å²) in [6.07, 6.45) is 1.90. The molecule has 0 aliphatic rings. The van der Waals surface area contributed by atoms with Gasteiger partial charge < -0.3 is 9.47 Å². The third-order valence-electron chi connectivity index (χ3n) is 2.91. The van der Waals surface area contributed by atoms with Gasteiger partial charge in [-0.15, -0.1) is 0 Å². The first-order valence-corrected chi connectivity index (χ1v) is 6.89. The normalized spacial score (nSPS) is 10.3. The molecule has 0 bridgehead atoms. The summed E-state index contributed by atoms with van der Waals surface area (Å²) in [7, 11) is 0. The average Bonchev–Trinajstić information content (AvgIpc) is 2.48. The van der Waals surface area contributed by atoms with Crippen molar-refractivity contribution in [2.75, 3.05) is 6.61 Å². The van der Waals surface area contributed by atoms with Gasteiger partial charge in [0.15, 0.2) is 17.3 Å². The topological polar surface area (TPSA) is 18.5 Å². The molecule has 0 amide bonds. The van der Waals surface area contributed by atoms with Crippen LogP contribution in [0.25, 0.3) is 0 Å². The minimum absolute atomic E-state index is 0.205. The summed E-state index contributed by atoms with van der Waals surface area (Å²) < 4.78 is 25.0. The van der Waals surface area contributed by atoms with Gasteiger partial charge in [0.05, 0.1) is 6.61 Å². The van der Waals surface area contributed by atoms with Crippen molar-refractivity contribution in [1.29, 1.82) is 0 Å². The highest BCUT2D eigenvalue weighted by atomic mass is 19.1. The predicted octanol–water partition coefficient (Wildman–Crippen LogP) is 4.58. The lowest BCUT2D eigenvalue weighted by atomic mass is 10.2. The Balaban J connectivity index is 2.04. The SMILES string of the molecule is CCCCOc1c(F)cccc1OCc1ccccc1. The van der Waals surface area contributed by atoms with Crippen molar-refractivity contribution < 1.29 is 13.9 Å².